The zero-order valence-corrected chi connectivity index (χ0v) is 18.3. The molecule has 0 saturated heterocycles. The zero-order valence-electron chi connectivity index (χ0n) is 18.3. The summed E-state index contributed by atoms with van der Waals surface area (Å²) in [6.07, 6.45) is 7.08. The molecule has 1 atom stereocenters. The summed E-state index contributed by atoms with van der Waals surface area (Å²) in [6, 6.07) is 18.8. The molecule has 1 saturated carbocycles. The van der Waals surface area contributed by atoms with Gasteiger partial charge in [-0.05, 0) is 49.3 Å². The fourth-order valence-corrected chi connectivity index (χ4v) is 5.14. The number of nitrogens with zero attached hydrogens (tertiary/aromatic N) is 5. The molecule has 2 heterocycles. The number of carbonyl (C=O) groups excluding carboxylic acids is 1. The number of benzene rings is 2. The van der Waals surface area contributed by atoms with Crippen molar-refractivity contribution in [3.63, 3.8) is 0 Å². The smallest absolute Gasteiger partial charge is 0.273 e. The summed E-state index contributed by atoms with van der Waals surface area (Å²) in [6.45, 7) is 0.590. The van der Waals surface area contributed by atoms with Crippen LogP contribution in [0.3, 0.4) is 0 Å². The van der Waals surface area contributed by atoms with E-state index in [4.69, 9.17) is 5.10 Å². The van der Waals surface area contributed by atoms with Gasteiger partial charge in [-0.25, -0.2) is 0 Å². The minimum absolute atomic E-state index is 0.120. The first-order valence-corrected chi connectivity index (χ1v) is 11.5. The quantitative estimate of drug-likeness (QED) is 0.486. The van der Waals surface area contributed by atoms with E-state index >= 15 is 0 Å². The molecule has 32 heavy (non-hydrogen) atoms. The second kappa shape index (κ2) is 7.62. The SMILES string of the molecule is Cn1cc2c(n1)CCC(N(C(=O)c1c3ccccc3nn1Cc1ccccc1)C1CC1)C2. The molecule has 6 rings (SSSR count). The Kier molecular flexibility index (Phi) is 4.59. The van der Waals surface area contributed by atoms with Crippen molar-refractivity contribution in [3.05, 3.63) is 83.3 Å². The van der Waals surface area contributed by atoms with Crippen LogP contribution >= 0.6 is 0 Å². The van der Waals surface area contributed by atoms with Crippen LogP contribution in [0.1, 0.15) is 46.6 Å². The molecule has 1 unspecified atom stereocenters. The third-order valence-electron chi connectivity index (χ3n) is 6.75. The first-order chi connectivity index (χ1) is 15.7. The maximum absolute atomic E-state index is 14.2. The molecule has 2 aliphatic rings. The lowest BCUT2D eigenvalue weighted by molar-refractivity contribution is 0.0632. The van der Waals surface area contributed by atoms with Crippen LogP contribution in [-0.4, -0.2) is 42.5 Å². The van der Waals surface area contributed by atoms with Crippen molar-refractivity contribution >= 4 is 16.8 Å². The molecule has 0 radical (unpaired) electrons. The number of amides is 1. The molecule has 6 heteroatoms. The first kappa shape index (κ1) is 19.3. The van der Waals surface area contributed by atoms with E-state index in [2.05, 4.69) is 28.3 Å². The van der Waals surface area contributed by atoms with E-state index in [-0.39, 0.29) is 11.9 Å². The van der Waals surface area contributed by atoms with Crippen LogP contribution in [0.2, 0.25) is 0 Å². The highest BCUT2D eigenvalue weighted by molar-refractivity contribution is 6.05. The Labute approximate surface area is 187 Å². The first-order valence-electron chi connectivity index (χ1n) is 11.5. The number of fused-ring (bicyclic) bond motifs is 2. The highest BCUT2D eigenvalue weighted by Gasteiger charge is 2.41. The number of rotatable bonds is 5. The topological polar surface area (TPSA) is 56.0 Å². The Bertz CT molecular complexity index is 1280. The minimum atomic E-state index is 0.120. The normalized spacial score (nSPS) is 18.0. The average molecular weight is 426 g/mol. The molecule has 1 fully saturated rings. The van der Waals surface area contributed by atoms with Crippen molar-refractivity contribution in [2.45, 2.75) is 50.7 Å². The van der Waals surface area contributed by atoms with Gasteiger partial charge in [0, 0.05) is 30.7 Å². The molecule has 2 aliphatic carbocycles. The average Bonchev–Trinajstić information content (AvgIpc) is 3.45. The summed E-state index contributed by atoms with van der Waals surface area (Å²) in [5.74, 6) is 0.120. The van der Waals surface area contributed by atoms with Gasteiger partial charge in [-0.15, -0.1) is 0 Å². The van der Waals surface area contributed by atoms with Gasteiger partial charge in [-0.2, -0.15) is 10.2 Å². The summed E-state index contributed by atoms with van der Waals surface area (Å²) in [4.78, 5) is 16.4. The van der Waals surface area contributed by atoms with Crippen molar-refractivity contribution in [2.24, 2.45) is 7.05 Å². The molecule has 0 aliphatic heterocycles. The van der Waals surface area contributed by atoms with Crippen LogP contribution in [0, 0.1) is 0 Å². The van der Waals surface area contributed by atoms with Gasteiger partial charge in [-0.3, -0.25) is 14.2 Å². The lowest BCUT2D eigenvalue weighted by Gasteiger charge is -2.34. The predicted octanol–water partition coefficient (Wildman–Crippen LogP) is 3.98. The standard InChI is InChI=1S/C26H27N5O/c1-29-17-19-15-21(13-14-23(19)27-29)31(20-11-12-20)26(32)25-22-9-5-6-10-24(22)28-30(25)16-18-7-3-2-4-8-18/h2-10,17,20-21H,11-16H2,1H3. The monoisotopic (exact) mass is 425 g/mol. The molecule has 0 bridgehead atoms. The number of hydrogen-bond donors (Lipinski definition) is 0. The predicted molar refractivity (Wildman–Crippen MR) is 123 cm³/mol. The highest BCUT2D eigenvalue weighted by Crippen LogP contribution is 2.35. The molecular weight excluding hydrogens is 398 g/mol. The van der Waals surface area contributed by atoms with Crippen LogP contribution in [-0.2, 0) is 26.4 Å². The summed E-state index contributed by atoms with van der Waals surface area (Å²) in [7, 11) is 1.98. The second-order valence-corrected chi connectivity index (χ2v) is 9.12. The minimum Gasteiger partial charge on any atom is -0.331 e. The van der Waals surface area contributed by atoms with Gasteiger partial charge >= 0.3 is 0 Å². The maximum Gasteiger partial charge on any atom is 0.273 e. The fraction of sp³-hybridized carbons (Fsp3) is 0.346. The van der Waals surface area contributed by atoms with E-state index in [1.165, 1.54) is 11.3 Å². The lowest BCUT2D eigenvalue weighted by atomic mass is 9.92. The van der Waals surface area contributed by atoms with Crippen LogP contribution in [0.4, 0.5) is 0 Å². The van der Waals surface area contributed by atoms with Crippen molar-refractivity contribution in [2.75, 3.05) is 0 Å². The van der Waals surface area contributed by atoms with E-state index in [0.29, 0.717) is 18.3 Å². The van der Waals surface area contributed by atoms with Gasteiger partial charge in [0.05, 0.1) is 17.8 Å². The largest absolute Gasteiger partial charge is 0.331 e. The van der Waals surface area contributed by atoms with E-state index in [1.807, 2.05) is 58.9 Å². The molecule has 0 spiro atoms. The van der Waals surface area contributed by atoms with Crippen molar-refractivity contribution in [3.8, 4) is 0 Å². The Morgan fingerprint density at radius 1 is 1.00 bits per heavy atom. The molecular formula is C26H27N5O. The van der Waals surface area contributed by atoms with Crippen molar-refractivity contribution in [1.82, 2.24) is 24.5 Å². The van der Waals surface area contributed by atoms with Gasteiger partial charge in [0.25, 0.3) is 5.91 Å². The Hall–Kier alpha value is -3.41. The van der Waals surface area contributed by atoms with Crippen LogP contribution < -0.4 is 0 Å². The number of carbonyl (C=O) groups is 1. The lowest BCUT2D eigenvalue weighted by Crippen LogP contribution is -2.45. The van der Waals surface area contributed by atoms with Crippen LogP contribution in [0.5, 0.6) is 0 Å². The van der Waals surface area contributed by atoms with Crippen LogP contribution in [0.15, 0.2) is 60.8 Å². The van der Waals surface area contributed by atoms with Gasteiger partial charge in [0.1, 0.15) is 5.69 Å². The third kappa shape index (κ3) is 3.40. The van der Waals surface area contributed by atoms with Gasteiger partial charge in [0.15, 0.2) is 0 Å². The molecule has 6 nitrogen and oxygen atoms in total. The highest BCUT2D eigenvalue weighted by atomic mass is 16.2. The van der Waals surface area contributed by atoms with Gasteiger partial charge in [-0.1, -0.05) is 48.5 Å². The molecule has 4 aromatic rings. The van der Waals surface area contributed by atoms with Crippen molar-refractivity contribution in [1.29, 1.82) is 0 Å². The molecule has 1 amide bonds. The Balaban J connectivity index is 1.39. The summed E-state index contributed by atoms with van der Waals surface area (Å²) < 4.78 is 3.81. The summed E-state index contributed by atoms with van der Waals surface area (Å²) >= 11 is 0. The van der Waals surface area contributed by atoms with E-state index in [9.17, 15) is 4.79 Å². The molecule has 2 aromatic heterocycles. The maximum atomic E-state index is 14.2. The Morgan fingerprint density at radius 3 is 2.59 bits per heavy atom. The Morgan fingerprint density at radius 2 is 1.78 bits per heavy atom. The van der Waals surface area contributed by atoms with E-state index < -0.39 is 0 Å². The molecule has 0 N–H and O–H groups in total. The number of hydrogen-bond acceptors (Lipinski definition) is 3. The number of aryl methyl sites for hydroxylation is 2. The van der Waals surface area contributed by atoms with Gasteiger partial charge in [0.2, 0.25) is 0 Å². The van der Waals surface area contributed by atoms with Crippen LogP contribution in [0.25, 0.3) is 10.9 Å². The summed E-state index contributed by atoms with van der Waals surface area (Å²) in [5.41, 5.74) is 5.20. The second-order valence-electron chi connectivity index (χ2n) is 9.12. The van der Waals surface area contributed by atoms with E-state index in [0.717, 1.165) is 48.6 Å². The third-order valence-corrected chi connectivity index (χ3v) is 6.75. The molecule has 162 valence electrons. The number of aromatic nitrogens is 4. The summed E-state index contributed by atoms with van der Waals surface area (Å²) in [5, 5.41) is 10.4. The van der Waals surface area contributed by atoms with Gasteiger partial charge < -0.3 is 4.90 Å². The molecule has 2 aromatic carbocycles. The zero-order chi connectivity index (χ0) is 21.7. The van der Waals surface area contributed by atoms with Crippen molar-refractivity contribution < 1.29 is 4.79 Å². The fourth-order valence-electron chi connectivity index (χ4n) is 5.14. The van der Waals surface area contributed by atoms with E-state index in [1.54, 1.807) is 0 Å².